The van der Waals surface area contributed by atoms with Crippen LogP contribution in [0.2, 0.25) is 0 Å². The van der Waals surface area contributed by atoms with E-state index in [-0.39, 0.29) is 17.6 Å². The van der Waals surface area contributed by atoms with Gasteiger partial charge in [0.1, 0.15) is 13.6 Å². The predicted molar refractivity (Wildman–Crippen MR) is 140 cm³/mol. The quantitative estimate of drug-likeness (QED) is 0.557. The van der Waals surface area contributed by atoms with Crippen LogP contribution in [0, 0.1) is 0 Å². The summed E-state index contributed by atoms with van der Waals surface area (Å²) >= 11 is 0. The van der Waals surface area contributed by atoms with Crippen LogP contribution >= 0.6 is 0 Å². The van der Waals surface area contributed by atoms with Crippen LogP contribution in [0.3, 0.4) is 0 Å². The van der Waals surface area contributed by atoms with Crippen LogP contribution in [0.5, 0.6) is 0 Å². The van der Waals surface area contributed by atoms with Gasteiger partial charge in [-0.2, -0.15) is 0 Å². The fourth-order valence-electron chi connectivity index (χ4n) is 5.85. The summed E-state index contributed by atoms with van der Waals surface area (Å²) in [6, 6.07) is 7.73. The SMILES string of the molecule is CC(=O)Nc1cc2c(cc1C1C(=O)C(=c3cc4c(cc3NC(C)=O)=[N+](C)CCC4)C1O)CCCN2C. The van der Waals surface area contributed by atoms with E-state index >= 15 is 0 Å². The summed E-state index contributed by atoms with van der Waals surface area (Å²) in [6.45, 7) is 4.72. The summed E-state index contributed by atoms with van der Waals surface area (Å²) in [5.74, 6) is -1.43. The Morgan fingerprint density at radius 3 is 2.39 bits per heavy atom. The van der Waals surface area contributed by atoms with Gasteiger partial charge in [0.2, 0.25) is 17.2 Å². The molecule has 8 nitrogen and oxygen atoms in total. The molecule has 2 aromatic carbocycles. The number of Topliss-reactive ketones (excluding diaryl/α,β-unsaturated/α-hetero) is 1. The molecular weight excluding hydrogens is 456 g/mol. The first kappa shape index (κ1) is 24.2. The van der Waals surface area contributed by atoms with Crippen molar-refractivity contribution in [1.82, 2.24) is 4.58 Å². The van der Waals surface area contributed by atoms with Crippen LogP contribution in [0.25, 0.3) is 5.57 Å². The number of rotatable bonds is 3. The highest BCUT2D eigenvalue weighted by atomic mass is 16.3. The predicted octanol–water partition coefficient (Wildman–Crippen LogP) is 0.931. The van der Waals surface area contributed by atoms with E-state index in [0.29, 0.717) is 27.7 Å². The van der Waals surface area contributed by atoms with Crippen LogP contribution in [0.15, 0.2) is 24.3 Å². The summed E-state index contributed by atoms with van der Waals surface area (Å²) in [4.78, 5) is 39.8. The molecule has 36 heavy (non-hydrogen) atoms. The molecule has 2 aliphatic heterocycles. The van der Waals surface area contributed by atoms with Crippen molar-refractivity contribution in [2.24, 2.45) is 0 Å². The van der Waals surface area contributed by atoms with Crippen LogP contribution in [0.1, 0.15) is 49.3 Å². The molecule has 0 aromatic heterocycles. The summed E-state index contributed by atoms with van der Waals surface area (Å²) in [7, 11) is 4.03. The first-order valence-corrected chi connectivity index (χ1v) is 12.6. The van der Waals surface area contributed by atoms with Gasteiger partial charge >= 0.3 is 0 Å². The lowest BCUT2D eigenvalue weighted by Crippen LogP contribution is -2.47. The normalized spacial score (nSPS) is 22.4. The van der Waals surface area contributed by atoms with Crippen molar-refractivity contribution in [1.29, 1.82) is 0 Å². The molecule has 5 rings (SSSR count). The molecular formula is C28H33N4O4+. The number of ketones is 1. The maximum atomic E-state index is 13.7. The van der Waals surface area contributed by atoms with Gasteiger partial charge in [0.05, 0.1) is 17.7 Å². The molecule has 3 N–H and O–H groups in total. The van der Waals surface area contributed by atoms with Crippen LogP contribution < -0.4 is 30.7 Å². The molecule has 2 unspecified atom stereocenters. The molecule has 0 bridgehead atoms. The minimum Gasteiger partial charge on any atom is -0.387 e. The lowest BCUT2D eigenvalue weighted by atomic mass is 9.69. The Labute approximate surface area is 210 Å². The number of nitrogens with one attached hydrogen (secondary N) is 2. The fourth-order valence-corrected chi connectivity index (χ4v) is 5.85. The zero-order valence-corrected chi connectivity index (χ0v) is 21.3. The first-order valence-electron chi connectivity index (χ1n) is 12.6. The van der Waals surface area contributed by atoms with Gasteiger partial charge in [0, 0.05) is 67.7 Å². The van der Waals surface area contributed by atoms with Crippen LogP contribution in [-0.2, 0) is 27.2 Å². The zero-order valence-electron chi connectivity index (χ0n) is 21.3. The monoisotopic (exact) mass is 489 g/mol. The Morgan fingerprint density at radius 1 is 1.00 bits per heavy atom. The number of aliphatic hydroxyl groups is 1. The number of anilines is 3. The van der Waals surface area contributed by atoms with E-state index in [9.17, 15) is 19.5 Å². The first-order chi connectivity index (χ1) is 17.2. The van der Waals surface area contributed by atoms with E-state index in [0.717, 1.165) is 60.9 Å². The third-order valence-corrected chi connectivity index (χ3v) is 7.58. The number of amides is 2. The van der Waals surface area contributed by atoms with E-state index in [2.05, 4.69) is 20.1 Å². The molecule has 0 spiro atoms. The third-order valence-electron chi connectivity index (χ3n) is 7.58. The van der Waals surface area contributed by atoms with Gasteiger partial charge in [0.25, 0.3) is 0 Å². The molecule has 2 heterocycles. The lowest BCUT2D eigenvalue weighted by Gasteiger charge is -2.37. The van der Waals surface area contributed by atoms with Crippen LogP contribution in [0.4, 0.5) is 17.1 Å². The number of carbonyl (C=O) groups is 3. The Hall–Kier alpha value is -3.52. The molecule has 2 atom stereocenters. The molecule has 1 saturated carbocycles. The van der Waals surface area contributed by atoms with E-state index < -0.39 is 12.0 Å². The zero-order chi connectivity index (χ0) is 25.7. The molecule has 2 amide bonds. The number of hydrogen-bond donors (Lipinski definition) is 3. The fraction of sp³-hybridized carbons (Fsp3) is 0.429. The summed E-state index contributed by atoms with van der Waals surface area (Å²) in [6.07, 6.45) is 2.71. The topological polar surface area (TPSA) is 102 Å². The molecule has 2 aromatic rings. The van der Waals surface area contributed by atoms with Gasteiger partial charge in [-0.15, -0.1) is 0 Å². The van der Waals surface area contributed by atoms with Gasteiger partial charge in [-0.1, -0.05) is 6.07 Å². The van der Waals surface area contributed by atoms with Crippen molar-refractivity contribution in [3.05, 3.63) is 51.5 Å². The minimum atomic E-state index is -1.05. The highest BCUT2D eigenvalue weighted by molar-refractivity contribution is 6.28. The Bertz CT molecular complexity index is 1430. The van der Waals surface area contributed by atoms with Crippen molar-refractivity contribution in [3.63, 3.8) is 0 Å². The summed E-state index contributed by atoms with van der Waals surface area (Å²) < 4.78 is 2.14. The van der Waals surface area contributed by atoms with Gasteiger partial charge in [-0.25, -0.2) is 4.58 Å². The highest BCUT2D eigenvalue weighted by Crippen LogP contribution is 2.44. The smallest absolute Gasteiger partial charge is 0.221 e. The molecule has 1 aliphatic carbocycles. The van der Waals surface area contributed by atoms with Gasteiger partial charge in [-0.3, -0.25) is 14.4 Å². The number of aryl methyl sites for hydroxylation is 2. The number of nitrogens with zero attached hydrogens (tertiary/aromatic N) is 2. The largest absolute Gasteiger partial charge is 0.387 e. The average molecular weight is 490 g/mol. The third kappa shape index (κ3) is 4.09. The Kier molecular flexibility index (Phi) is 6.16. The summed E-state index contributed by atoms with van der Waals surface area (Å²) in [5.41, 5.74) is 5.27. The van der Waals surface area contributed by atoms with E-state index in [1.165, 1.54) is 13.8 Å². The molecule has 0 saturated heterocycles. The van der Waals surface area contributed by atoms with Crippen LogP contribution in [-0.4, -0.2) is 56.0 Å². The standard InChI is InChI=1S/C28H32N4O4/c1-15(33)29-21-13-23-17(7-5-9-31(23)3)11-19(21)25-27(35)26(28(25)36)20-12-18-8-6-10-32(4)24(18)14-22(20)30-16(2)34/h11-14,25,27,35H,5-10H2,1-4H3,(H,29,33)/p+1. The van der Waals surface area contributed by atoms with E-state index in [1.54, 1.807) is 0 Å². The van der Waals surface area contributed by atoms with E-state index in [4.69, 9.17) is 0 Å². The number of hydrogen-bond acceptors (Lipinski definition) is 5. The average Bonchev–Trinajstić information content (AvgIpc) is 2.80. The van der Waals surface area contributed by atoms with Crippen molar-refractivity contribution in [2.45, 2.75) is 51.6 Å². The second-order valence-corrected chi connectivity index (χ2v) is 10.2. The molecule has 188 valence electrons. The number of carbonyl (C=O) groups excluding carboxylic acids is 3. The molecule has 1 fully saturated rings. The van der Waals surface area contributed by atoms with E-state index in [1.807, 2.05) is 38.4 Å². The number of benzene rings is 2. The highest BCUT2D eigenvalue weighted by Gasteiger charge is 2.47. The summed E-state index contributed by atoms with van der Waals surface area (Å²) in [5, 5.41) is 18.7. The lowest BCUT2D eigenvalue weighted by molar-refractivity contribution is -0.122. The minimum absolute atomic E-state index is 0.186. The molecule has 3 aliphatic rings. The number of aliphatic hydroxyl groups excluding tert-OH is 1. The second-order valence-electron chi connectivity index (χ2n) is 10.2. The van der Waals surface area contributed by atoms with Gasteiger partial charge in [0.15, 0.2) is 5.78 Å². The van der Waals surface area contributed by atoms with Gasteiger partial charge < -0.3 is 20.6 Å². The Balaban J connectivity index is 1.65. The van der Waals surface area contributed by atoms with Crippen molar-refractivity contribution >= 4 is 40.2 Å². The van der Waals surface area contributed by atoms with Crippen molar-refractivity contribution in [3.8, 4) is 0 Å². The van der Waals surface area contributed by atoms with Crippen molar-refractivity contribution in [2.75, 3.05) is 42.7 Å². The van der Waals surface area contributed by atoms with Crippen molar-refractivity contribution < 1.29 is 19.5 Å². The molecule has 0 radical (unpaired) electrons. The Morgan fingerprint density at radius 2 is 1.69 bits per heavy atom. The number of fused-ring (bicyclic) bond motifs is 2. The second kappa shape index (κ2) is 9.17. The molecule has 8 heteroatoms. The van der Waals surface area contributed by atoms with Gasteiger partial charge in [-0.05, 0) is 42.5 Å². The maximum Gasteiger partial charge on any atom is 0.221 e. The maximum absolute atomic E-state index is 13.7.